The van der Waals surface area contributed by atoms with Crippen molar-refractivity contribution in [1.29, 1.82) is 0 Å². The van der Waals surface area contributed by atoms with Gasteiger partial charge in [-0.25, -0.2) is 8.42 Å². The fraction of sp³-hybridized carbons (Fsp3) is 0.222. The van der Waals surface area contributed by atoms with Crippen molar-refractivity contribution >= 4 is 21.1 Å². The van der Waals surface area contributed by atoms with Gasteiger partial charge in [0.2, 0.25) is 0 Å². The van der Waals surface area contributed by atoms with E-state index in [2.05, 4.69) is 5.16 Å². The van der Waals surface area contributed by atoms with Crippen molar-refractivity contribution < 1.29 is 47.1 Å². The molecule has 0 unspecified atom stereocenters. The van der Waals surface area contributed by atoms with Gasteiger partial charge in [-0.2, -0.15) is 0 Å². The third-order valence-corrected chi connectivity index (χ3v) is 2.39. The Labute approximate surface area is 116 Å². The van der Waals surface area contributed by atoms with Crippen molar-refractivity contribution in [3.63, 3.8) is 0 Å². The Morgan fingerprint density at radius 3 is 2.56 bits per heavy atom. The summed E-state index contributed by atoms with van der Waals surface area (Å²) in [4.78, 5) is 0. The Morgan fingerprint density at radius 1 is 1.31 bits per heavy atom. The van der Waals surface area contributed by atoms with Crippen LogP contribution in [0.3, 0.4) is 0 Å². The summed E-state index contributed by atoms with van der Waals surface area (Å²) in [7, 11) is -4.31. The Balaban J connectivity index is 0.00000112. The van der Waals surface area contributed by atoms with Crippen molar-refractivity contribution in [2.24, 2.45) is 0 Å². The molecule has 16 heavy (non-hydrogen) atoms. The van der Waals surface area contributed by atoms with E-state index < -0.39 is 15.9 Å². The molecule has 7 heteroatoms. The second kappa shape index (κ2) is 5.79. The van der Waals surface area contributed by atoms with Crippen LogP contribution >= 0.6 is 0 Å². The quantitative estimate of drug-likeness (QED) is 0.480. The van der Waals surface area contributed by atoms with Crippen LogP contribution in [0, 0.1) is 0 Å². The van der Waals surface area contributed by atoms with E-state index in [1.165, 1.54) is 0 Å². The summed E-state index contributed by atoms with van der Waals surface area (Å²) in [5, 5.41) is 4.09. The maximum Gasteiger partial charge on any atom is 1.00 e. The largest absolute Gasteiger partial charge is 1.00 e. The van der Waals surface area contributed by atoms with Crippen LogP contribution in [-0.2, 0) is 15.9 Å². The van der Waals surface area contributed by atoms with Crippen molar-refractivity contribution in [2.45, 2.75) is 13.2 Å². The molecule has 0 aliphatic heterocycles. The molecule has 0 atom stereocenters. The molecule has 0 saturated carbocycles. The number of nitrogens with zero attached hydrogens (tertiary/aromatic N) is 1. The van der Waals surface area contributed by atoms with Gasteiger partial charge < -0.3 is 9.08 Å². The Kier molecular flexibility index (Phi) is 5.64. The van der Waals surface area contributed by atoms with E-state index in [4.69, 9.17) is 4.52 Å². The molecule has 0 spiro atoms. The van der Waals surface area contributed by atoms with Gasteiger partial charge in [-0.3, -0.25) is 0 Å². The smallest absolute Gasteiger partial charge is 0.748 e. The first-order chi connectivity index (χ1) is 6.56. The predicted octanol–water partition coefficient (Wildman–Crippen LogP) is -1.49. The van der Waals surface area contributed by atoms with Crippen LogP contribution in [0.5, 0.6) is 0 Å². The molecule has 2 rings (SSSR count). The molecule has 0 fully saturated rings. The zero-order valence-electron chi connectivity index (χ0n) is 8.00. The van der Waals surface area contributed by atoms with E-state index in [1.54, 1.807) is 24.3 Å². The summed E-state index contributed by atoms with van der Waals surface area (Å²) in [6.07, 6.45) is 0. The number of hydrogen-bond acceptors (Lipinski definition) is 5. The first-order valence-corrected chi connectivity index (χ1v) is 5.41. The number of fused-ring (bicyclic) bond motifs is 1. The first-order valence-electron chi connectivity index (χ1n) is 3.83. The fourth-order valence-electron chi connectivity index (χ4n) is 1.21. The van der Waals surface area contributed by atoms with E-state index in [-0.39, 0.29) is 42.7 Å². The van der Waals surface area contributed by atoms with Crippen LogP contribution in [0.15, 0.2) is 28.8 Å². The second-order valence-corrected chi connectivity index (χ2v) is 4.23. The minimum atomic E-state index is -4.31. The Hall–Kier alpha value is -0.400. The molecule has 0 radical (unpaired) electrons. The van der Waals surface area contributed by atoms with E-state index in [1.807, 2.05) is 0 Å². The summed E-state index contributed by atoms with van der Waals surface area (Å²) in [6, 6.07) is 6.78. The van der Waals surface area contributed by atoms with Gasteiger partial charge in [0.25, 0.3) is 0 Å². The summed E-state index contributed by atoms with van der Waals surface area (Å²) in [5.41, 5.74) is 0.641. The van der Waals surface area contributed by atoms with Gasteiger partial charge >= 0.3 is 29.6 Å². The minimum absolute atomic E-state index is 0. The third-order valence-electron chi connectivity index (χ3n) is 1.77. The number of rotatable bonds is 2. The van der Waals surface area contributed by atoms with Gasteiger partial charge in [0.1, 0.15) is 15.8 Å². The van der Waals surface area contributed by atoms with Crippen molar-refractivity contribution in [3.8, 4) is 0 Å². The predicted molar refractivity (Wildman–Crippen MR) is 54.1 cm³/mol. The van der Waals surface area contributed by atoms with Crippen LogP contribution in [-0.4, -0.2) is 18.1 Å². The minimum Gasteiger partial charge on any atom is -0.748 e. The van der Waals surface area contributed by atoms with Gasteiger partial charge in [-0.05, 0) is 12.1 Å². The summed E-state index contributed by atoms with van der Waals surface area (Å²) in [5.74, 6) is -0.635. The number of para-hydroxylation sites is 1. The monoisotopic (exact) mass is 251 g/mol. The standard InChI is InChI=1S/C8H7NO4S.CH4.Na/c10-14(11,12)5-7-6-3-1-2-4-8(6)13-9-7;;/h1-4H,5H2,(H,10,11,12);1H4;/q;;+1/p-1. The molecular formula is C9H10NNaO4S. The summed E-state index contributed by atoms with van der Waals surface area (Å²) >= 11 is 0. The van der Waals surface area contributed by atoms with Gasteiger partial charge in [-0.1, -0.05) is 24.7 Å². The zero-order chi connectivity index (χ0) is 10.2. The molecule has 0 saturated heterocycles. The van der Waals surface area contributed by atoms with Gasteiger partial charge in [-0.15, -0.1) is 0 Å². The molecule has 0 aliphatic carbocycles. The summed E-state index contributed by atoms with van der Waals surface area (Å²) < 4.78 is 36.4. The van der Waals surface area contributed by atoms with Crippen LogP contribution < -0.4 is 29.6 Å². The Morgan fingerprint density at radius 2 is 1.94 bits per heavy atom. The molecule has 1 aromatic carbocycles. The van der Waals surface area contributed by atoms with Crippen molar-refractivity contribution in [2.75, 3.05) is 0 Å². The van der Waals surface area contributed by atoms with Gasteiger partial charge in [0.15, 0.2) is 5.58 Å². The van der Waals surface area contributed by atoms with E-state index >= 15 is 0 Å². The first kappa shape index (κ1) is 15.6. The average Bonchev–Trinajstić information content (AvgIpc) is 2.47. The molecule has 82 valence electrons. The second-order valence-electron chi connectivity index (χ2n) is 2.83. The topological polar surface area (TPSA) is 83.2 Å². The van der Waals surface area contributed by atoms with Crippen LogP contribution in [0.4, 0.5) is 0 Å². The molecule has 5 nitrogen and oxygen atoms in total. The molecule has 0 aliphatic rings. The molecule has 2 aromatic rings. The molecule has 0 bridgehead atoms. The Bertz CT molecular complexity index is 564. The third kappa shape index (κ3) is 3.57. The number of hydrogen-bond donors (Lipinski definition) is 0. The molecule has 0 N–H and O–H groups in total. The molecule has 1 heterocycles. The average molecular weight is 251 g/mol. The van der Waals surface area contributed by atoms with E-state index in [0.29, 0.717) is 11.0 Å². The maximum absolute atomic E-state index is 10.5. The number of benzene rings is 1. The van der Waals surface area contributed by atoms with Gasteiger partial charge in [0, 0.05) is 5.39 Å². The zero-order valence-corrected chi connectivity index (χ0v) is 10.8. The van der Waals surface area contributed by atoms with Crippen LogP contribution in [0.2, 0.25) is 0 Å². The van der Waals surface area contributed by atoms with E-state index in [0.717, 1.165) is 0 Å². The van der Waals surface area contributed by atoms with E-state index in [9.17, 15) is 13.0 Å². The molecule has 0 amide bonds. The normalized spacial score (nSPS) is 10.6. The van der Waals surface area contributed by atoms with Crippen LogP contribution in [0.25, 0.3) is 11.0 Å². The molecular weight excluding hydrogens is 241 g/mol. The van der Waals surface area contributed by atoms with Gasteiger partial charge in [0.05, 0.1) is 5.75 Å². The maximum atomic E-state index is 10.5. The van der Waals surface area contributed by atoms with Crippen molar-refractivity contribution in [1.82, 2.24) is 5.16 Å². The van der Waals surface area contributed by atoms with Crippen molar-refractivity contribution in [3.05, 3.63) is 30.0 Å². The summed E-state index contributed by atoms with van der Waals surface area (Å²) in [6.45, 7) is 0. The fourth-order valence-corrected chi connectivity index (χ4v) is 1.75. The van der Waals surface area contributed by atoms with Crippen LogP contribution in [0.1, 0.15) is 13.1 Å². The number of aromatic nitrogens is 1. The molecule has 1 aromatic heterocycles. The SMILES string of the molecule is C.O=S(=O)([O-])Cc1noc2ccccc12.[Na+].